The Bertz CT molecular complexity index is 981. The number of rotatable bonds is 10. The third-order valence-electron chi connectivity index (χ3n) is 4.58. The molecule has 0 bridgehead atoms. The van der Waals surface area contributed by atoms with Gasteiger partial charge in [0.05, 0.1) is 17.2 Å². The number of aliphatic carboxylic acids is 1. The lowest BCUT2D eigenvalue weighted by atomic mass is 10.0. The molecule has 10 nitrogen and oxygen atoms in total. The fraction of sp³-hybridized carbons (Fsp3) is 0.450. The maximum absolute atomic E-state index is 13.0. The number of aliphatic imine (C=N–C) groups is 1. The highest BCUT2D eigenvalue weighted by Gasteiger charge is 2.28. The SMILES string of the molecule is CC(C)CC(C(=O)NC(CCCN=C(N)N)C(=O)O)n1cnc2ccccc2c1=O. The first-order chi connectivity index (χ1) is 14.2. The maximum Gasteiger partial charge on any atom is 0.326 e. The predicted molar refractivity (Wildman–Crippen MR) is 114 cm³/mol. The van der Waals surface area contributed by atoms with Gasteiger partial charge < -0.3 is 21.9 Å². The van der Waals surface area contributed by atoms with Crippen LogP contribution in [0.5, 0.6) is 0 Å². The number of hydrogen-bond acceptors (Lipinski definition) is 5. The number of nitrogens with one attached hydrogen (secondary N) is 1. The first-order valence-corrected chi connectivity index (χ1v) is 9.75. The summed E-state index contributed by atoms with van der Waals surface area (Å²) in [6.07, 6.45) is 2.22. The van der Waals surface area contributed by atoms with E-state index in [1.54, 1.807) is 24.3 Å². The van der Waals surface area contributed by atoms with Gasteiger partial charge in [-0.25, -0.2) is 9.78 Å². The fourth-order valence-electron chi connectivity index (χ4n) is 3.13. The second kappa shape index (κ2) is 10.4. The maximum atomic E-state index is 13.0. The van der Waals surface area contributed by atoms with Crippen molar-refractivity contribution in [1.29, 1.82) is 0 Å². The minimum absolute atomic E-state index is 0.0777. The molecule has 1 aromatic heterocycles. The number of carboxylic acids is 1. The van der Waals surface area contributed by atoms with Gasteiger partial charge in [-0.2, -0.15) is 0 Å². The Balaban J connectivity index is 2.26. The lowest BCUT2D eigenvalue weighted by molar-refractivity contribution is -0.142. The van der Waals surface area contributed by atoms with E-state index in [-0.39, 0.29) is 30.4 Å². The summed E-state index contributed by atoms with van der Waals surface area (Å²) in [4.78, 5) is 45.6. The summed E-state index contributed by atoms with van der Waals surface area (Å²) in [5, 5.41) is 12.4. The average molecular weight is 416 g/mol. The number of guanidine groups is 1. The first kappa shape index (κ1) is 22.9. The van der Waals surface area contributed by atoms with Crippen molar-refractivity contribution in [1.82, 2.24) is 14.9 Å². The van der Waals surface area contributed by atoms with Gasteiger partial charge in [0, 0.05) is 6.54 Å². The van der Waals surface area contributed by atoms with Crippen LogP contribution in [0, 0.1) is 5.92 Å². The Morgan fingerprint density at radius 1 is 1.27 bits per heavy atom. The molecule has 0 aliphatic heterocycles. The monoisotopic (exact) mass is 416 g/mol. The number of para-hydroxylation sites is 1. The number of carboxylic acid groups (broad SMARTS) is 1. The smallest absolute Gasteiger partial charge is 0.326 e. The normalized spacial score (nSPS) is 13.0. The third-order valence-corrected chi connectivity index (χ3v) is 4.58. The first-order valence-electron chi connectivity index (χ1n) is 9.75. The minimum Gasteiger partial charge on any atom is -0.480 e. The van der Waals surface area contributed by atoms with Crippen LogP contribution < -0.4 is 22.3 Å². The van der Waals surface area contributed by atoms with Gasteiger partial charge in [0.2, 0.25) is 5.91 Å². The third kappa shape index (κ3) is 6.03. The molecule has 2 rings (SSSR count). The summed E-state index contributed by atoms with van der Waals surface area (Å²) < 4.78 is 1.27. The van der Waals surface area contributed by atoms with Gasteiger partial charge in [-0.05, 0) is 37.3 Å². The highest BCUT2D eigenvalue weighted by atomic mass is 16.4. The molecule has 0 aliphatic carbocycles. The van der Waals surface area contributed by atoms with Crippen molar-refractivity contribution in [3.8, 4) is 0 Å². The zero-order valence-electron chi connectivity index (χ0n) is 17.1. The van der Waals surface area contributed by atoms with Crippen LogP contribution in [-0.2, 0) is 9.59 Å². The van der Waals surface area contributed by atoms with Gasteiger partial charge in [0.1, 0.15) is 12.1 Å². The van der Waals surface area contributed by atoms with Crippen LogP contribution in [0.25, 0.3) is 10.9 Å². The summed E-state index contributed by atoms with van der Waals surface area (Å²) in [7, 11) is 0. The van der Waals surface area contributed by atoms with Gasteiger partial charge in [-0.3, -0.25) is 19.1 Å². The summed E-state index contributed by atoms with van der Waals surface area (Å²) in [5.74, 6) is -1.70. The summed E-state index contributed by atoms with van der Waals surface area (Å²) >= 11 is 0. The minimum atomic E-state index is -1.17. The summed E-state index contributed by atoms with van der Waals surface area (Å²) in [6, 6.07) is 4.87. The molecule has 1 heterocycles. The molecule has 0 saturated carbocycles. The van der Waals surface area contributed by atoms with Crippen molar-refractivity contribution in [2.24, 2.45) is 22.4 Å². The van der Waals surface area contributed by atoms with Gasteiger partial charge in [-0.1, -0.05) is 26.0 Å². The van der Waals surface area contributed by atoms with Crippen molar-refractivity contribution in [3.63, 3.8) is 0 Å². The van der Waals surface area contributed by atoms with Crippen LogP contribution in [-0.4, -0.2) is 45.1 Å². The summed E-state index contributed by atoms with van der Waals surface area (Å²) in [5.41, 5.74) is 10.7. The average Bonchev–Trinajstić information content (AvgIpc) is 2.68. The largest absolute Gasteiger partial charge is 0.480 e. The molecule has 30 heavy (non-hydrogen) atoms. The van der Waals surface area contributed by atoms with Crippen LogP contribution in [0.15, 0.2) is 40.4 Å². The van der Waals surface area contributed by atoms with E-state index in [1.807, 2.05) is 13.8 Å². The van der Waals surface area contributed by atoms with Crippen LogP contribution in [0.2, 0.25) is 0 Å². The number of benzene rings is 1. The summed E-state index contributed by atoms with van der Waals surface area (Å²) in [6.45, 7) is 4.10. The highest BCUT2D eigenvalue weighted by molar-refractivity contribution is 5.86. The Kier molecular flexibility index (Phi) is 7.90. The van der Waals surface area contributed by atoms with Crippen LogP contribution in [0.3, 0.4) is 0 Å². The number of hydrogen-bond donors (Lipinski definition) is 4. The Morgan fingerprint density at radius 3 is 2.60 bits per heavy atom. The van der Waals surface area contributed by atoms with Crippen molar-refractivity contribution >= 4 is 28.7 Å². The van der Waals surface area contributed by atoms with Crippen LogP contribution >= 0.6 is 0 Å². The number of carbonyl (C=O) groups is 2. The second-order valence-electron chi connectivity index (χ2n) is 7.47. The molecule has 162 valence electrons. The molecule has 2 atom stereocenters. The molecule has 6 N–H and O–H groups in total. The molecule has 2 unspecified atom stereocenters. The standard InChI is InChI=1S/C20H28N6O4/c1-12(2)10-16(26-11-24-14-7-4-3-6-13(14)18(26)28)17(27)25-15(19(29)30)8-5-9-23-20(21)22/h3-4,6-7,11-12,15-16H,5,8-10H2,1-2H3,(H,25,27)(H,29,30)(H4,21,22,23). The lowest BCUT2D eigenvalue weighted by Crippen LogP contribution is -2.46. The molecule has 0 spiro atoms. The van der Waals surface area contributed by atoms with Gasteiger partial charge >= 0.3 is 5.97 Å². The van der Waals surface area contributed by atoms with Crippen molar-refractivity contribution < 1.29 is 14.7 Å². The van der Waals surface area contributed by atoms with E-state index < -0.39 is 24.0 Å². The van der Waals surface area contributed by atoms with Gasteiger partial charge in [0.15, 0.2) is 5.96 Å². The molecule has 1 aromatic carbocycles. The van der Waals surface area contributed by atoms with Crippen LogP contribution in [0.1, 0.15) is 39.2 Å². The number of carbonyl (C=O) groups excluding carboxylic acids is 1. The van der Waals surface area contributed by atoms with Gasteiger partial charge in [0.25, 0.3) is 5.56 Å². The molecular formula is C20H28N6O4. The van der Waals surface area contributed by atoms with E-state index in [9.17, 15) is 19.5 Å². The topological polar surface area (TPSA) is 166 Å². The molecule has 1 amide bonds. The second-order valence-corrected chi connectivity index (χ2v) is 7.47. The number of nitrogens with two attached hydrogens (primary N) is 2. The Morgan fingerprint density at radius 2 is 1.97 bits per heavy atom. The van der Waals surface area contributed by atoms with E-state index in [0.29, 0.717) is 23.7 Å². The molecule has 10 heteroatoms. The molecular weight excluding hydrogens is 388 g/mol. The van der Waals surface area contributed by atoms with E-state index in [4.69, 9.17) is 11.5 Å². The molecule has 0 fully saturated rings. The number of amides is 1. The number of fused-ring (bicyclic) bond motifs is 1. The number of aromatic nitrogens is 2. The quantitative estimate of drug-likeness (QED) is 0.250. The van der Waals surface area contributed by atoms with Crippen molar-refractivity contribution in [3.05, 3.63) is 40.9 Å². The number of nitrogens with zero attached hydrogens (tertiary/aromatic N) is 3. The fourth-order valence-corrected chi connectivity index (χ4v) is 3.13. The van der Waals surface area contributed by atoms with E-state index in [2.05, 4.69) is 15.3 Å². The van der Waals surface area contributed by atoms with Crippen molar-refractivity contribution in [2.45, 2.75) is 45.2 Å². The van der Waals surface area contributed by atoms with E-state index >= 15 is 0 Å². The Hall–Kier alpha value is -3.43. The lowest BCUT2D eigenvalue weighted by Gasteiger charge is -2.23. The Labute approximate surface area is 174 Å². The van der Waals surface area contributed by atoms with Crippen LogP contribution in [0.4, 0.5) is 0 Å². The zero-order valence-corrected chi connectivity index (χ0v) is 17.1. The molecule has 0 aliphatic rings. The van der Waals surface area contributed by atoms with Crippen molar-refractivity contribution in [2.75, 3.05) is 6.54 Å². The zero-order chi connectivity index (χ0) is 22.3. The van der Waals surface area contributed by atoms with Gasteiger partial charge in [-0.15, -0.1) is 0 Å². The van der Waals surface area contributed by atoms with E-state index in [0.717, 1.165) is 0 Å². The molecule has 0 saturated heterocycles. The molecule has 0 radical (unpaired) electrons. The van der Waals surface area contributed by atoms with E-state index in [1.165, 1.54) is 10.9 Å². The predicted octanol–water partition coefficient (Wildman–Crippen LogP) is 0.607. The molecule has 2 aromatic rings. The highest BCUT2D eigenvalue weighted by Crippen LogP contribution is 2.18.